The average Bonchev–Trinajstić information content (AvgIpc) is 2.44. The Balaban J connectivity index is 2.03. The summed E-state index contributed by atoms with van der Waals surface area (Å²) in [6.45, 7) is 4.06. The normalized spacial score (nSPS) is 10.6. The van der Waals surface area contributed by atoms with Gasteiger partial charge >= 0.3 is 0 Å². The summed E-state index contributed by atoms with van der Waals surface area (Å²) in [5, 5.41) is 4.08. The molecule has 1 N–H and O–H groups in total. The SMILES string of the molecule is CCCNCc1ccc(Oc2ccc(Cl)cc2)c(Br)c1. The predicted octanol–water partition coefficient (Wildman–Crippen LogP) is 5.39. The number of hydrogen-bond acceptors (Lipinski definition) is 2. The molecule has 0 bridgehead atoms. The van der Waals surface area contributed by atoms with Gasteiger partial charge in [0.05, 0.1) is 4.47 Å². The Kier molecular flexibility index (Phi) is 5.89. The van der Waals surface area contributed by atoms with Gasteiger partial charge in [0.2, 0.25) is 0 Å². The van der Waals surface area contributed by atoms with Crippen molar-refractivity contribution in [3.63, 3.8) is 0 Å². The highest BCUT2D eigenvalue weighted by atomic mass is 79.9. The maximum absolute atomic E-state index is 5.86. The molecule has 0 aliphatic rings. The predicted molar refractivity (Wildman–Crippen MR) is 87.7 cm³/mol. The van der Waals surface area contributed by atoms with Crippen molar-refractivity contribution in [2.45, 2.75) is 19.9 Å². The highest BCUT2D eigenvalue weighted by Gasteiger charge is 2.04. The van der Waals surface area contributed by atoms with E-state index in [1.54, 1.807) is 0 Å². The third-order valence-electron chi connectivity index (χ3n) is 2.79. The first kappa shape index (κ1) is 15.4. The van der Waals surface area contributed by atoms with Crippen molar-refractivity contribution in [3.05, 3.63) is 57.5 Å². The van der Waals surface area contributed by atoms with Gasteiger partial charge in [0, 0.05) is 11.6 Å². The number of rotatable bonds is 6. The molecular weight excluding hydrogens is 338 g/mol. The molecule has 4 heteroatoms. The minimum atomic E-state index is 0.703. The monoisotopic (exact) mass is 353 g/mol. The Hall–Kier alpha value is -1.03. The zero-order valence-electron chi connectivity index (χ0n) is 11.3. The summed E-state index contributed by atoms with van der Waals surface area (Å²) < 4.78 is 6.77. The van der Waals surface area contributed by atoms with Crippen molar-refractivity contribution in [1.82, 2.24) is 5.32 Å². The van der Waals surface area contributed by atoms with Gasteiger partial charge in [-0.05, 0) is 70.9 Å². The standard InChI is InChI=1S/C16H17BrClNO/c1-2-9-19-11-12-3-8-16(15(17)10-12)20-14-6-4-13(18)5-7-14/h3-8,10,19H,2,9,11H2,1H3. The van der Waals surface area contributed by atoms with Gasteiger partial charge in [-0.15, -0.1) is 0 Å². The maximum Gasteiger partial charge on any atom is 0.141 e. The molecule has 0 radical (unpaired) electrons. The van der Waals surface area contributed by atoms with Crippen LogP contribution in [0.1, 0.15) is 18.9 Å². The molecule has 106 valence electrons. The topological polar surface area (TPSA) is 21.3 Å². The Bertz CT molecular complexity index is 557. The van der Waals surface area contributed by atoms with Gasteiger partial charge in [-0.1, -0.05) is 24.6 Å². The molecule has 0 amide bonds. The lowest BCUT2D eigenvalue weighted by atomic mass is 10.2. The molecule has 0 aliphatic heterocycles. The number of benzene rings is 2. The second kappa shape index (κ2) is 7.67. The highest BCUT2D eigenvalue weighted by molar-refractivity contribution is 9.10. The minimum absolute atomic E-state index is 0.703. The van der Waals surface area contributed by atoms with Crippen LogP contribution in [0.15, 0.2) is 46.9 Å². The molecule has 0 heterocycles. The molecular formula is C16H17BrClNO. The van der Waals surface area contributed by atoms with E-state index in [-0.39, 0.29) is 0 Å². The molecule has 0 unspecified atom stereocenters. The van der Waals surface area contributed by atoms with Crippen LogP contribution in [0.3, 0.4) is 0 Å². The van der Waals surface area contributed by atoms with Crippen LogP contribution < -0.4 is 10.1 Å². The number of halogens is 2. The molecule has 2 aromatic carbocycles. The van der Waals surface area contributed by atoms with Crippen molar-refractivity contribution in [2.24, 2.45) is 0 Å². The van der Waals surface area contributed by atoms with Gasteiger partial charge in [0.1, 0.15) is 11.5 Å². The lowest BCUT2D eigenvalue weighted by molar-refractivity contribution is 0.479. The molecule has 20 heavy (non-hydrogen) atoms. The number of hydrogen-bond donors (Lipinski definition) is 1. The second-order valence-corrected chi connectivity index (χ2v) is 5.79. The average molecular weight is 355 g/mol. The molecule has 0 saturated carbocycles. The summed E-state index contributed by atoms with van der Waals surface area (Å²) in [5.74, 6) is 1.57. The quantitative estimate of drug-likeness (QED) is 0.702. The maximum atomic E-state index is 5.86. The van der Waals surface area contributed by atoms with Crippen molar-refractivity contribution in [3.8, 4) is 11.5 Å². The largest absolute Gasteiger partial charge is 0.456 e. The molecule has 0 aromatic heterocycles. The van der Waals surface area contributed by atoms with Crippen LogP contribution >= 0.6 is 27.5 Å². The summed E-state index contributed by atoms with van der Waals surface area (Å²) in [7, 11) is 0. The fourth-order valence-electron chi connectivity index (χ4n) is 1.78. The van der Waals surface area contributed by atoms with E-state index < -0.39 is 0 Å². The Morgan fingerprint density at radius 1 is 1.15 bits per heavy atom. The summed E-state index contributed by atoms with van der Waals surface area (Å²) in [6, 6.07) is 13.5. The lowest BCUT2D eigenvalue weighted by Crippen LogP contribution is -2.13. The van der Waals surface area contributed by atoms with Crippen molar-refractivity contribution in [1.29, 1.82) is 0 Å². The van der Waals surface area contributed by atoms with Crippen LogP contribution in [-0.4, -0.2) is 6.54 Å². The molecule has 0 fully saturated rings. The van der Waals surface area contributed by atoms with Gasteiger partial charge in [-0.3, -0.25) is 0 Å². The van der Waals surface area contributed by atoms with Gasteiger partial charge in [-0.25, -0.2) is 0 Å². The fourth-order valence-corrected chi connectivity index (χ4v) is 2.41. The first-order valence-electron chi connectivity index (χ1n) is 6.61. The van der Waals surface area contributed by atoms with Crippen LogP contribution in [0.4, 0.5) is 0 Å². The molecule has 0 atom stereocenters. The van der Waals surface area contributed by atoms with E-state index in [1.807, 2.05) is 30.3 Å². The van der Waals surface area contributed by atoms with Gasteiger partial charge in [0.15, 0.2) is 0 Å². The van der Waals surface area contributed by atoms with Crippen LogP contribution in [-0.2, 0) is 6.54 Å². The summed E-state index contributed by atoms with van der Waals surface area (Å²) in [5.41, 5.74) is 1.23. The van der Waals surface area contributed by atoms with Crippen LogP contribution in [0.5, 0.6) is 11.5 Å². The second-order valence-electron chi connectivity index (χ2n) is 4.50. The smallest absolute Gasteiger partial charge is 0.141 e. The third kappa shape index (κ3) is 4.51. The molecule has 2 nitrogen and oxygen atoms in total. The lowest BCUT2D eigenvalue weighted by Gasteiger charge is -2.10. The van der Waals surface area contributed by atoms with Crippen molar-refractivity contribution >= 4 is 27.5 Å². The van der Waals surface area contributed by atoms with E-state index in [1.165, 1.54) is 5.56 Å². The first-order valence-corrected chi connectivity index (χ1v) is 7.78. The van der Waals surface area contributed by atoms with Gasteiger partial charge in [-0.2, -0.15) is 0 Å². The van der Waals surface area contributed by atoms with E-state index in [9.17, 15) is 0 Å². The fraction of sp³-hybridized carbons (Fsp3) is 0.250. The highest BCUT2D eigenvalue weighted by Crippen LogP contribution is 2.31. The number of ether oxygens (including phenoxy) is 1. The van der Waals surface area contributed by atoms with E-state index in [0.29, 0.717) is 5.02 Å². The summed E-state index contributed by atoms with van der Waals surface area (Å²) >= 11 is 9.40. The van der Waals surface area contributed by atoms with Gasteiger partial charge < -0.3 is 10.1 Å². The molecule has 2 rings (SSSR count). The number of nitrogens with one attached hydrogen (secondary N) is 1. The Morgan fingerprint density at radius 2 is 1.90 bits per heavy atom. The van der Waals surface area contributed by atoms with Crippen LogP contribution in [0.2, 0.25) is 5.02 Å². The minimum Gasteiger partial charge on any atom is -0.456 e. The van der Waals surface area contributed by atoms with E-state index in [4.69, 9.17) is 16.3 Å². The molecule has 2 aromatic rings. The zero-order chi connectivity index (χ0) is 14.4. The van der Waals surface area contributed by atoms with E-state index in [2.05, 4.69) is 40.3 Å². The molecule has 0 spiro atoms. The molecule has 0 aliphatic carbocycles. The first-order chi connectivity index (χ1) is 9.69. The van der Waals surface area contributed by atoms with E-state index >= 15 is 0 Å². The van der Waals surface area contributed by atoms with Crippen molar-refractivity contribution in [2.75, 3.05) is 6.54 Å². The Morgan fingerprint density at radius 3 is 2.55 bits per heavy atom. The zero-order valence-corrected chi connectivity index (χ0v) is 13.7. The van der Waals surface area contributed by atoms with Crippen LogP contribution in [0, 0.1) is 0 Å². The summed E-state index contributed by atoms with van der Waals surface area (Å²) in [4.78, 5) is 0. The van der Waals surface area contributed by atoms with E-state index in [0.717, 1.165) is 35.5 Å². The third-order valence-corrected chi connectivity index (χ3v) is 3.67. The van der Waals surface area contributed by atoms with Crippen molar-refractivity contribution < 1.29 is 4.74 Å². The summed E-state index contributed by atoms with van der Waals surface area (Å²) in [6.07, 6.45) is 1.14. The van der Waals surface area contributed by atoms with Gasteiger partial charge in [0.25, 0.3) is 0 Å². The van der Waals surface area contributed by atoms with Crippen LogP contribution in [0.25, 0.3) is 0 Å². The Labute approximate surface area is 133 Å². The molecule has 0 saturated heterocycles.